The van der Waals surface area contributed by atoms with Crippen LogP contribution in [0.4, 0.5) is 0 Å². The summed E-state index contributed by atoms with van der Waals surface area (Å²) in [5.74, 6) is 0. The van der Waals surface area contributed by atoms with E-state index in [1.165, 1.54) is 4.31 Å². The van der Waals surface area contributed by atoms with Crippen molar-refractivity contribution in [3.05, 3.63) is 23.4 Å². The first-order valence-electron chi connectivity index (χ1n) is 6.70. The van der Waals surface area contributed by atoms with Crippen molar-refractivity contribution in [2.75, 3.05) is 13.6 Å². The van der Waals surface area contributed by atoms with E-state index in [1.807, 2.05) is 6.92 Å². The molecule has 1 heterocycles. The van der Waals surface area contributed by atoms with Crippen LogP contribution in [0.3, 0.4) is 0 Å². The Balaban J connectivity index is 2.23. The van der Waals surface area contributed by atoms with Crippen LogP contribution in [0.5, 0.6) is 0 Å². The SMILES string of the molecule is C=C(C)CN(C)S(=O)(=O)c1n[nH]c(C)c1CNC1CC1. The van der Waals surface area contributed by atoms with E-state index in [1.54, 1.807) is 14.0 Å². The van der Waals surface area contributed by atoms with Crippen molar-refractivity contribution >= 4 is 10.0 Å². The van der Waals surface area contributed by atoms with Crippen LogP contribution in [0.2, 0.25) is 0 Å². The number of likely N-dealkylation sites (N-methyl/N-ethyl adjacent to an activating group) is 1. The van der Waals surface area contributed by atoms with E-state index in [0.29, 0.717) is 19.1 Å². The molecule has 2 rings (SSSR count). The number of H-pyrrole nitrogens is 1. The smallest absolute Gasteiger partial charge is 0.262 e. The van der Waals surface area contributed by atoms with Crippen molar-refractivity contribution in [2.45, 2.75) is 44.3 Å². The molecule has 1 aromatic heterocycles. The minimum absolute atomic E-state index is 0.118. The maximum absolute atomic E-state index is 12.5. The number of aromatic nitrogens is 2. The first-order valence-corrected chi connectivity index (χ1v) is 8.14. The predicted molar refractivity (Wildman–Crippen MR) is 77.8 cm³/mol. The Hall–Kier alpha value is -1.18. The highest BCUT2D eigenvalue weighted by Gasteiger charge is 2.29. The number of aryl methyl sites for hydroxylation is 1. The van der Waals surface area contributed by atoms with Crippen LogP contribution in [0.1, 0.15) is 31.0 Å². The van der Waals surface area contributed by atoms with Crippen LogP contribution >= 0.6 is 0 Å². The van der Waals surface area contributed by atoms with Crippen molar-refractivity contribution < 1.29 is 8.42 Å². The molecular weight excluding hydrogens is 276 g/mol. The second-order valence-electron chi connectivity index (χ2n) is 5.51. The van der Waals surface area contributed by atoms with E-state index in [-0.39, 0.29) is 5.03 Å². The fourth-order valence-corrected chi connectivity index (χ4v) is 3.38. The molecule has 112 valence electrons. The highest BCUT2D eigenvalue weighted by atomic mass is 32.2. The van der Waals surface area contributed by atoms with E-state index in [9.17, 15) is 8.42 Å². The molecule has 0 atom stereocenters. The zero-order valence-corrected chi connectivity index (χ0v) is 13.0. The fourth-order valence-electron chi connectivity index (χ4n) is 2.00. The number of aromatic amines is 1. The molecule has 1 aliphatic rings. The molecule has 20 heavy (non-hydrogen) atoms. The van der Waals surface area contributed by atoms with Crippen LogP contribution in [-0.2, 0) is 16.6 Å². The third-order valence-corrected chi connectivity index (χ3v) is 5.10. The minimum atomic E-state index is -3.58. The van der Waals surface area contributed by atoms with Gasteiger partial charge in [-0.2, -0.15) is 9.40 Å². The van der Waals surface area contributed by atoms with Crippen LogP contribution in [0.25, 0.3) is 0 Å². The lowest BCUT2D eigenvalue weighted by atomic mass is 10.2. The molecule has 0 unspecified atom stereocenters. The summed E-state index contributed by atoms with van der Waals surface area (Å²) in [6, 6.07) is 0.521. The van der Waals surface area contributed by atoms with Gasteiger partial charge in [0.15, 0.2) is 5.03 Å². The lowest BCUT2D eigenvalue weighted by Gasteiger charge is -2.16. The molecule has 0 spiro atoms. The molecule has 2 N–H and O–H groups in total. The zero-order valence-electron chi connectivity index (χ0n) is 12.2. The van der Waals surface area contributed by atoms with Gasteiger partial charge in [-0.15, -0.1) is 0 Å². The quantitative estimate of drug-likeness (QED) is 0.741. The van der Waals surface area contributed by atoms with Gasteiger partial charge in [0.25, 0.3) is 10.0 Å². The second-order valence-corrected chi connectivity index (χ2v) is 7.47. The van der Waals surface area contributed by atoms with Gasteiger partial charge in [0.05, 0.1) is 0 Å². The summed E-state index contributed by atoms with van der Waals surface area (Å²) >= 11 is 0. The normalized spacial score (nSPS) is 15.8. The largest absolute Gasteiger partial charge is 0.310 e. The third kappa shape index (κ3) is 3.28. The zero-order chi connectivity index (χ0) is 14.9. The molecule has 1 aromatic rings. The fraction of sp³-hybridized carbons (Fsp3) is 0.615. The van der Waals surface area contributed by atoms with Crippen LogP contribution < -0.4 is 5.32 Å². The summed E-state index contributed by atoms with van der Waals surface area (Å²) in [6.45, 7) is 8.22. The molecule has 0 aromatic carbocycles. The molecule has 0 amide bonds. The van der Waals surface area contributed by atoms with Gasteiger partial charge < -0.3 is 5.32 Å². The van der Waals surface area contributed by atoms with Gasteiger partial charge in [0, 0.05) is 37.4 Å². The molecule has 1 saturated carbocycles. The summed E-state index contributed by atoms with van der Waals surface area (Å²) in [4.78, 5) is 0. The van der Waals surface area contributed by atoms with Crippen molar-refractivity contribution in [3.8, 4) is 0 Å². The van der Waals surface area contributed by atoms with Gasteiger partial charge in [-0.05, 0) is 26.7 Å². The monoisotopic (exact) mass is 298 g/mol. The van der Waals surface area contributed by atoms with Crippen molar-refractivity contribution in [1.29, 1.82) is 0 Å². The lowest BCUT2D eigenvalue weighted by Crippen LogP contribution is -2.30. The molecule has 0 aliphatic heterocycles. The molecule has 0 saturated heterocycles. The van der Waals surface area contributed by atoms with E-state index >= 15 is 0 Å². The average Bonchev–Trinajstić information content (AvgIpc) is 3.09. The van der Waals surface area contributed by atoms with Gasteiger partial charge in [0.2, 0.25) is 0 Å². The van der Waals surface area contributed by atoms with Gasteiger partial charge >= 0.3 is 0 Å². The Bertz CT molecular complexity index is 602. The van der Waals surface area contributed by atoms with Crippen molar-refractivity contribution in [1.82, 2.24) is 19.8 Å². The highest BCUT2D eigenvalue weighted by Crippen LogP contribution is 2.23. The first kappa shape index (κ1) is 15.2. The summed E-state index contributed by atoms with van der Waals surface area (Å²) in [7, 11) is -2.03. The van der Waals surface area contributed by atoms with Crippen molar-refractivity contribution in [3.63, 3.8) is 0 Å². The number of nitrogens with one attached hydrogen (secondary N) is 2. The number of hydrogen-bond acceptors (Lipinski definition) is 4. The van der Waals surface area contributed by atoms with E-state index in [4.69, 9.17) is 0 Å². The van der Waals surface area contributed by atoms with Gasteiger partial charge in [-0.3, -0.25) is 5.10 Å². The van der Waals surface area contributed by atoms with Crippen molar-refractivity contribution in [2.24, 2.45) is 0 Å². The highest BCUT2D eigenvalue weighted by molar-refractivity contribution is 7.89. The molecular formula is C13H22N4O2S. The van der Waals surface area contributed by atoms with Crippen LogP contribution in [0, 0.1) is 6.92 Å². The average molecular weight is 298 g/mol. The predicted octanol–water partition coefficient (Wildman–Crippen LogP) is 1.17. The Morgan fingerprint density at radius 1 is 1.55 bits per heavy atom. The molecule has 1 fully saturated rings. The Morgan fingerprint density at radius 2 is 2.20 bits per heavy atom. The van der Waals surface area contributed by atoms with Crippen LogP contribution in [0.15, 0.2) is 17.2 Å². The van der Waals surface area contributed by atoms with E-state index in [2.05, 4.69) is 22.1 Å². The number of nitrogens with zero attached hydrogens (tertiary/aromatic N) is 2. The Morgan fingerprint density at radius 3 is 2.75 bits per heavy atom. The Labute approximate surface area is 120 Å². The summed E-state index contributed by atoms with van der Waals surface area (Å²) < 4.78 is 26.4. The van der Waals surface area contributed by atoms with Gasteiger partial charge in [-0.25, -0.2) is 8.42 Å². The topological polar surface area (TPSA) is 78.1 Å². The lowest BCUT2D eigenvalue weighted by molar-refractivity contribution is 0.487. The Kier molecular flexibility index (Phi) is 4.31. The van der Waals surface area contributed by atoms with Crippen LogP contribution in [-0.4, -0.2) is 42.6 Å². The maximum atomic E-state index is 12.5. The van der Waals surface area contributed by atoms with E-state index in [0.717, 1.165) is 29.7 Å². The summed E-state index contributed by atoms with van der Waals surface area (Å²) in [6.07, 6.45) is 2.32. The molecule has 1 aliphatic carbocycles. The number of rotatable bonds is 7. The minimum Gasteiger partial charge on any atom is -0.310 e. The summed E-state index contributed by atoms with van der Waals surface area (Å²) in [5, 5.41) is 10.2. The second kappa shape index (κ2) is 5.67. The molecule has 7 heteroatoms. The third-order valence-electron chi connectivity index (χ3n) is 3.33. The maximum Gasteiger partial charge on any atom is 0.262 e. The van der Waals surface area contributed by atoms with E-state index < -0.39 is 10.0 Å². The molecule has 6 nitrogen and oxygen atoms in total. The first-order chi connectivity index (χ1) is 9.32. The van der Waals surface area contributed by atoms with Gasteiger partial charge in [0.1, 0.15) is 0 Å². The summed E-state index contributed by atoms with van der Waals surface area (Å²) in [5.41, 5.74) is 2.31. The molecule has 0 bridgehead atoms. The standard InChI is InChI=1S/C13H22N4O2S/c1-9(2)8-17(4)20(18,19)13-12(10(3)15-16-13)7-14-11-5-6-11/h11,14H,1,5-8H2,2-4H3,(H,15,16). The number of hydrogen-bond donors (Lipinski definition) is 2. The molecule has 0 radical (unpaired) electrons. The van der Waals surface area contributed by atoms with Gasteiger partial charge in [-0.1, -0.05) is 12.2 Å². The number of sulfonamides is 1.